The molecule has 0 amide bonds. The number of anilines is 1. The fourth-order valence-corrected chi connectivity index (χ4v) is 4.00. The number of guanidine groups is 1. The molecule has 0 atom stereocenters. The van der Waals surface area contributed by atoms with Crippen LogP contribution in [0.4, 0.5) is 5.82 Å². The van der Waals surface area contributed by atoms with Crippen LogP contribution in [0.1, 0.15) is 18.4 Å². The number of likely N-dealkylation sites (tertiary alicyclic amines) is 1. The molecule has 2 aromatic carbocycles. The lowest BCUT2D eigenvalue weighted by Gasteiger charge is -2.33. The van der Waals surface area contributed by atoms with Crippen LogP contribution >= 0.6 is 24.0 Å². The Morgan fingerprint density at radius 2 is 1.72 bits per heavy atom. The van der Waals surface area contributed by atoms with Gasteiger partial charge in [0.2, 0.25) is 0 Å². The molecule has 6 nitrogen and oxygen atoms in total. The van der Waals surface area contributed by atoms with Crippen LogP contribution in [0.15, 0.2) is 71.7 Å². The minimum Gasteiger partial charge on any atom is -0.368 e. The van der Waals surface area contributed by atoms with Crippen molar-refractivity contribution in [1.82, 2.24) is 20.5 Å². The first-order valence-electron chi connectivity index (χ1n) is 11.1. The van der Waals surface area contributed by atoms with E-state index in [1.54, 1.807) is 0 Å². The number of piperidine rings is 1. The minimum atomic E-state index is 0. The molecule has 170 valence electrons. The average molecular weight is 544 g/mol. The van der Waals surface area contributed by atoms with E-state index in [2.05, 4.69) is 73.3 Å². The summed E-state index contributed by atoms with van der Waals surface area (Å²) in [5.41, 5.74) is 2.40. The van der Waals surface area contributed by atoms with E-state index >= 15 is 0 Å². The monoisotopic (exact) mass is 544 g/mol. The van der Waals surface area contributed by atoms with Crippen molar-refractivity contribution in [2.45, 2.75) is 25.4 Å². The molecule has 1 aliphatic heterocycles. The van der Waals surface area contributed by atoms with Crippen LogP contribution in [0.5, 0.6) is 0 Å². The first kappa shape index (κ1) is 24.3. The summed E-state index contributed by atoms with van der Waals surface area (Å²) in [5.74, 6) is 1.77. The number of halogens is 1. The molecule has 7 heteroatoms. The fourth-order valence-electron chi connectivity index (χ4n) is 4.00. The Morgan fingerprint density at radius 1 is 0.969 bits per heavy atom. The molecule has 1 aromatic heterocycles. The second-order valence-corrected chi connectivity index (χ2v) is 8.00. The molecule has 0 spiro atoms. The molecule has 3 N–H and O–H groups in total. The standard InChI is InChI=1S/C25H32N6.HI/c1-26-25(28-16-15-27-24-12-11-21-9-5-6-10-23(21)30-24)29-22-13-17-31(18-14-22)19-20-7-3-2-4-8-20;/h2-12,22H,13-19H2,1H3,(H,27,30)(H2,26,28,29);1H. The van der Waals surface area contributed by atoms with E-state index in [1.807, 2.05) is 31.3 Å². The summed E-state index contributed by atoms with van der Waals surface area (Å²) in [6.07, 6.45) is 2.26. The maximum absolute atomic E-state index is 4.65. The zero-order valence-electron chi connectivity index (χ0n) is 18.6. The molecule has 2 heterocycles. The van der Waals surface area contributed by atoms with E-state index in [0.29, 0.717) is 6.04 Å². The molecule has 0 aliphatic carbocycles. The zero-order chi connectivity index (χ0) is 21.3. The molecular weight excluding hydrogens is 511 g/mol. The SMILES string of the molecule is CN=C(NCCNc1ccc2ccccc2n1)NC1CCN(Cc2ccccc2)CC1.I. The summed E-state index contributed by atoms with van der Waals surface area (Å²) in [7, 11) is 1.83. The predicted molar refractivity (Wildman–Crippen MR) is 145 cm³/mol. The van der Waals surface area contributed by atoms with Crippen molar-refractivity contribution >= 4 is 46.7 Å². The Morgan fingerprint density at radius 3 is 2.50 bits per heavy atom. The topological polar surface area (TPSA) is 64.6 Å². The van der Waals surface area contributed by atoms with Crippen molar-refractivity contribution in [3.8, 4) is 0 Å². The number of benzene rings is 2. The number of para-hydroxylation sites is 1. The first-order valence-corrected chi connectivity index (χ1v) is 11.1. The van der Waals surface area contributed by atoms with Gasteiger partial charge in [0.1, 0.15) is 5.82 Å². The van der Waals surface area contributed by atoms with E-state index in [1.165, 1.54) is 5.56 Å². The van der Waals surface area contributed by atoms with E-state index < -0.39 is 0 Å². The van der Waals surface area contributed by atoms with Crippen LogP contribution in [0.2, 0.25) is 0 Å². The smallest absolute Gasteiger partial charge is 0.191 e. The van der Waals surface area contributed by atoms with Crippen molar-refractivity contribution < 1.29 is 0 Å². The summed E-state index contributed by atoms with van der Waals surface area (Å²) >= 11 is 0. The second-order valence-electron chi connectivity index (χ2n) is 8.00. The summed E-state index contributed by atoms with van der Waals surface area (Å²) in [5, 5.41) is 11.5. The molecule has 0 unspecified atom stereocenters. The molecule has 0 bridgehead atoms. The number of nitrogens with one attached hydrogen (secondary N) is 3. The van der Waals surface area contributed by atoms with Gasteiger partial charge in [0, 0.05) is 51.2 Å². The van der Waals surface area contributed by atoms with Crippen molar-refractivity contribution in [2.24, 2.45) is 4.99 Å². The molecular formula is C25H33IN6. The highest BCUT2D eigenvalue weighted by Crippen LogP contribution is 2.15. The van der Waals surface area contributed by atoms with Gasteiger partial charge in [-0.25, -0.2) is 4.98 Å². The van der Waals surface area contributed by atoms with Gasteiger partial charge in [0.05, 0.1) is 5.52 Å². The molecule has 32 heavy (non-hydrogen) atoms. The Kier molecular flexibility index (Phi) is 9.55. The molecule has 0 radical (unpaired) electrons. The summed E-state index contributed by atoms with van der Waals surface area (Å²) in [6.45, 7) is 4.81. The van der Waals surface area contributed by atoms with Crippen LogP contribution in [0, 0.1) is 0 Å². The number of aromatic nitrogens is 1. The van der Waals surface area contributed by atoms with Crippen molar-refractivity contribution in [3.63, 3.8) is 0 Å². The fraction of sp³-hybridized carbons (Fsp3) is 0.360. The van der Waals surface area contributed by atoms with Gasteiger partial charge in [-0.15, -0.1) is 24.0 Å². The van der Waals surface area contributed by atoms with Crippen LogP contribution in [-0.4, -0.2) is 55.1 Å². The summed E-state index contributed by atoms with van der Waals surface area (Å²) in [4.78, 5) is 11.6. The van der Waals surface area contributed by atoms with Crippen LogP contribution in [0.3, 0.4) is 0 Å². The van der Waals surface area contributed by atoms with E-state index in [0.717, 1.165) is 68.2 Å². The normalized spacial score (nSPS) is 15.2. The molecule has 3 aromatic rings. The largest absolute Gasteiger partial charge is 0.368 e. The van der Waals surface area contributed by atoms with Crippen LogP contribution < -0.4 is 16.0 Å². The molecule has 1 aliphatic rings. The van der Waals surface area contributed by atoms with Crippen LogP contribution in [0.25, 0.3) is 10.9 Å². The van der Waals surface area contributed by atoms with Gasteiger partial charge in [-0.05, 0) is 36.6 Å². The molecule has 0 saturated carbocycles. The Balaban J connectivity index is 0.00000289. The number of pyridine rings is 1. The Hall–Kier alpha value is -2.39. The maximum atomic E-state index is 4.65. The van der Waals surface area contributed by atoms with Gasteiger partial charge in [0.15, 0.2) is 5.96 Å². The lowest BCUT2D eigenvalue weighted by Crippen LogP contribution is -2.49. The van der Waals surface area contributed by atoms with Gasteiger partial charge in [-0.3, -0.25) is 9.89 Å². The lowest BCUT2D eigenvalue weighted by molar-refractivity contribution is 0.198. The first-order chi connectivity index (χ1) is 15.3. The van der Waals surface area contributed by atoms with Gasteiger partial charge in [0.25, 0.3) is 0 Å². The van der Waals surface area contributed by atoms with E-state index in [-0.39, 0.29) is 24.0 Å². The molecule has 4 rings (SSSR count). The van der Waals surface area contributed by atoms with E-state index in [4.69, 9.17) is 0 Å². The molecule has 1 fully saturated rings. The number of nitrogens with zero attached hydrogens (tertiary/aromatic N) is 3. The van der Waals surface area contributed by atoms with Gasteiger partial charge >= 0.3 is 0 Å². The third-order valence-corrected chi connectivity index (χ3v) is 5.72. The van der Waals surface area contributed by atoms with E-state index in [9.17, 15) is 0 Å². The second kappa shape index (κ2) is 12.6. The van der Waals surface area contributed by atoms with Crippen molar-refractivity contribution in [1.29, 1.82) is 0 Å². The highest BCUT2D eigenvalue weighted by atomic mass is 127. The van der Waals surface area contributed by atoms with Gasteiger partial charge < -0.3 is 16.0 Å². The summed E-state index contributed by atoms with van der Waals surface area (Å²) < 4.78 is 0. The quantitative estimate of drug-likeness (QED) is 0.181. The zero-order valence-corrected chi connectivity index (χ0v) is 21.0. The van der Waals surface area contributed by atoms with Crippen molar-refractivity contribution in [3.05, 3.63) is 72.3 Å². The maximum Gasteiger partial charge on any atom is 0.191 e. The highest BCUT2D eigenvalue weighted by molar-refractivity contribution is 14.0. The lowest BCUT2D eigenvalue weighted by atomic mass is 10.0. The average Bonchev–Trinajstić information content (AvgIpc) is 2.82. The molecule has 1 saturated heterocycles. The summed E-state index contributed by atoms with van der Waals surface area (Å²) in [6, 6.07) is 23.5. The third-order valence-electron chi connectivity index (χ3n) is 5.72. The Bertz CT molecular complexity index is 986. The van der Waals surface area contributed by atoms with Crippen molar-refractivity contribution in [2.75, 3.05) is 38.5 Å². The van der Waals surface area contributed by atoms with Gasteiger partial charge in [-0.1, -0.05) is 48.5 Å². The highest BCUT2D eigenvalue weighted by Gasteiger charge is 2.19. The van der Waals surface area contributed by atoms with Crippen LogP contribution in [-0.2, 0) is 6.54 Å². The predicted octanol–water partition coefficient (Wildman–Crippen LogP) is 4.09. The van der Waals surface area contributed by atoms with Gasteiger partial charge in [-0.2, -0.15) is 0 Å². The number of hydrogen-bond donors (Lipinski definition) is 3. The number of hydrogen-bond acceptors (Lipinski definition) is 4. The number of aliphatic imine (C=N–C) groups is 1. The number of fused-ring (bicyclic) bond motifs is 1. The Labute approximate surface area is 207 Å². The number of rotatable bonds is 7. The minimum absolute atomic E-state index is 0. The third kappa shape index (κ3) is 7.06.